The number of carboxylic acid groups (broad SMARTS) is 1. The van der Waals surface area contributed by atoms with Crippen LogP contribution in [0.5, 0.6) is 0 Å². The highest BCUT2D eigenvalue weighted by molar-refractivity contribution is 14.1. The van der Waals surface area contributed by atoms with E-state index in [4.69, 9.17) is 5.11 Å². The third kappa shape index (κ3) is 3.90. The number of benzene rings is 1. The van der Waals surface area contributed by atoms with Gasteiger partial charge in [-0.15, -0.1) is 0 Å². The quantitative estimate of drug-likeness (QED) is 0.722. The minimum atomic E-state index is -0.965. The molecule has 1 aromatic heterocycles. The molecule has 0 amide bonds. The van der Waals surface area contributed by atoms with Crippen molar-refractivity contribution in [2.75, 3.05) is 5.32 Å². The molecular weight excluding hydrogens is 423 g/mol. The van der Waals surface area contributed by atoms with Crippen LogP contribution >= 0.6 is 38.5 Å². The summed E-state index contributed by atoms with van der Waals surface area (Å²) >= 11 is 5.72. The second-order valence-corrected chi connectivity index (χ2v) is 5.92. The van der Waals surface area contributed by atoms with E-state index in [0.29, 0.717) is 6.54 Å². The largest absolute Gasteiger partial charge is 0.478 e. The van der Waals surface area contributed by atoms with Crippen LogP contribution in [0.2, 0.25) is 0 Å². The number of hydrogen-bond donors (Lipinski definition) is 2. The second kappa shape index (κ2) is 6.33. The van der Waals surface area contributed by atoms with Crippen molar-refractivity contribution in [3.05, 3.63) is 55.8 Å². The lowest BCUT2D eigenvalue weighted by Gasteiger charge is -2.08. The molecule has 6 heteroatoms. The fourth-order valence-electron chi connectivity index (χ4n) is 1.47. The summed E-state index contributed by atoms with van der Waals surface area (Å²) in [5.74, 6) is -0.965. The predicted octanol–water partition coefficient (Wildman–Crippen LogP) is 3.76. The average Bonchev–Trinajstić information content (AvgIpc) is 2.40. The van der Waals surface area contributed by atoms with Crippen LogP contribution in [0.25, 0.3) is 0 Å². The van der Waals surface area contributed by atoms with Gasteiger partial charge in [0.1, 0.15) is 0 Å². The summed E-state index contributed by atoms with van der Waals surface area (Å²) in [6, 6.07) is 9.27. The van der Waals surface area contributed by atoms with Crippen molar-refractivity contribution < 1.29 is 9.90 Å². The first kappa shape index (κ1) is 14.3. The molecule has 0 radical (unpaired) electrons. The molecular formula is C13H10BrIN2O2. The van der Waals surface area contributed by atoms with E-state index in [2.05, 4.69) is 48.8 Å². The number of carboxylic acids is 1. The first-order chi connectivity index (χ1) is 9.06. The summed E-state index contributed by atoms with van der Waals surface area (Å²) < 4.78 is 2.12. The van der Waals surface area contributed by atoms with Gasteiger partial charge in [0, 0.05) is 19.9 Å². The normalized spacial score (nSPS) is 10.2. The Morgan fingerprint density at radius 1 is 1.37 bits per heavy atom. The predicted molar refractivity (Wildman–Crippen MR) is 85.4 cm³/mol. The van der Waals surface area contributed by atoms with E-state index in [-0.39, 0.29) is 5.56 Å². The summed E-state index contributed by atoms with van der Waals surface area (Å²) in [5, 5.41) is 12.0. The SMILES string of the molecule is O=C(O)c1ccc(CNc2cc(I)ccc2Br)nc1. The average molecular weight is 433 g/mol. The van der Waals surface area contributed by atoms with Crippen molar-refractivity contribution in [3.63, 3.8) is 0 Å². The van der Waals surface area contributed by atoms with E-state index in [1.807, 2.05) is 18.2 Å². The number of halogens is 2. The highest BCUT2D eigenvalue weighted by Gasteiger charge is 2.04. The van der Waals surface area contributed by atoms with E-state index < -0.39 is 5.97 Å². The molecule has 0 saturated carbocycles. The maximum atomic E-state index is 10.7. The van der Waals surface area contributed by atoms with Crippen molar-refractivity contribution in [1.29, 1.82) is 0 Å². The third-order valence-electron chi connectivity index (χ3n) is 2.46. The minimum absolute atomic E-state index is 0.194. The monoisotopic (exact) mass is 432 g/mol. The van der Waals surface area contributed by atoms with Gasteiger partial charge in [-0.3, -0.25) is 4.98 Å². The van der Waals surface area contributed by atoms with Crippen molar-refractivity contribution >= 4 is 50.2 Å². The lowest BCUT2D eigenvalue weighted by Crippen LogP contribution is -2.04. The lowest BCUT2D eigenvalue weighted by atomic mass is 10.2. The Morgan fingerprint density at radius 2 is 2.16 bits per heavy atom. The molecule has 0 bridgehead atoms. The van der Waals surface area contributed by atoms with Gasteiger partial charge in [0.2, 0.25) is 0 Å². The summed E-state index contributed by atoms with van der Waals surface area (Å²) in [7, 11) is 0. The van der Waals surface area contributed by atoms with Crippen LogP contribution in [0, 0.1) is 3.57 Å². The van der Waals surface area contributed by atoms with Crippen LogP contribution in [0.4, 0.5) is 5.69 Å². The van der Waals surface area contributed by atoms with Crippen LogP contribution in [-0.2, 0) is 6.54 Å². The van der Waals surface area contributed by atoms with Crippen LogP contribution in [0.15, 0.2) is 41.0 Å². The summed E-state index contributed by atoms with van der Waals surface area (Å²) in [6.45, 7) is 0.540. The summed E-state index contributed by atoms with van der Waals surface area (Å²) in [6.07, 6.45) is 1.36. The number of nitrogens with zero attached hydrogens (tertiary/aromatic N) is 1. The van der Waals surface area contributed by atoms with Gasteiger partial charge < -0.3 is 10.4 Å². The number of pyridine rings is 1. The number of hydrogen-bond acceptors (Lipinski definition) is 3. The fraction of sp³-hybridized carbons (Fsp3) is 0.0769. The second-order valence-electron chi connectivity index (χ2n) is 3.82. The van der Waals surface area contributed by atoms with Gasteiger partial charge in [-0.1, -0.05) is 0 Å². The number of nitrogens with one attached hydrogen (secondary N) is 1. The molecule has 0 unspecified atom stereocenters. The Hall–Kier alpha value is -1.15. The van der Waals surface area contributed by atoms with Crippen LogP contribution in [-0.4, -0.2) is 16.1 Å². The molecule has 0 fully saturated rings. The molecule has 19 heavy (non-hydrogen) atoms. The van der Waals surface area contributed by atoms with Crippen LogP contribution in [0.3, 0.4) is 0 Å². The zero-order valence-electron chi connectivity index (χ0n) is 9.73. The third-order valence-corrected chi connectivity index (χ3v) is 3.82. The Kier molecular flexibility index (Phi) is 4.76. The Morgan fingerprint density at radius 3 is 2.79 bits per heavy atom. The Balaban J connectivity index is 2.06. The van der Waals surface area contributed by atoms with E-state index in [1.54, 1.807) is 12.1 Å². The molecule has 4 nitrogen and oxygen atoms in total. The van der Waals surface area contributed by atoms with E-state index in [9.17, 15) is 4.79 Å². The molecule has 1 heterocycles. The van der Waals surface area contributed by atoms with E-state index in [1.165, 1.54) is 6.20 Å². The van der Waals surface area contributed by atoms with Gasteiger partial charge in [0.05, 0.1) is 17.8 Å². The first-order valence-corrected chi connectivity index (χ1v) is 7.30. The molecule has 2 rings (SSSR count). The number of aromatic carboxylic acids is 1. The molecule has 0 aliphatic carbocycles. The standard InChI is InChI=1S/C13H10BrIN2O2/c14-11-4-2-9(15)5-12(11)17-7-10-3-1-8(6-16-10)13(18)19/h1-6,17H,7H2,(H,18,19). The van der Waals surface area contributed by atoms with E-state index >= 15 is 0 Å². The van der Waals surface area contributed by atoms with Gasteiger partial charge in [-0.05, 0) is 68.9 Å². The topological polar surface area (TPSA) is 62.2 Å². The van der Waals surface area contributed by atoms with Crippen LogP contribution < -0.4 is 5.32 Å². The first-order valence-electron chi connectivity index (χ1n) is 5.43. The van der Waals surface area contributed by atoms with Crippen molar-refractivity contribution in [1.82, 2.24) is 4.98 Å². The zero-order valence-corrected chi connectivity index (χ0v) is 13.5. The minimum Gasteiger partial charge on any atom is -0.478 e. The highest BCUT2D eigenvalue weighted by Crippen LogP contribution is 2.24. The molecule has 0 aliphatic heterocycles. The molecule has 98 valence electrons. The molecule has 0 spiro atoms. The maximum Gasteiger partial charge on any atom is 0.337 e. The molecule has 0 atom stereocenters. The number of aromatic nitrogens is 1. The fourth-order valence-corrected chi connectivity index (χ4v) is 2.35. The van der Waals surface area contributed by atoms with Crippen LogP contribution in [0.1, 0.15) is 16.1 Å². The Bertz CT molecular complexity index is 602. The van der Waals surface area contributed by atoms with Gasteiger partial charge in [-0.25, -0.2) is 4.79 Å². The van der Waals surface area contributed by atoms with Gasteiger partial charge in [-0.2, -0.15) is 0 Å². The maximum absolute atomic E-state index is 10.7. The van der Waals surface area contributed by atoms with Gasteiger partial charge in [0.25, 0.3) is 0 Å². The Labute approximate surface area is 132 Å². The smallest absolute Gasteiger partial charge is 0.337 e. The summed E-state index contributed by atoms with van der Waals surface area (Å²) in [4.78, 5) is 14.8. The van der Waals surface area contributed by atoms with Crippen molar-refractivity contribution in [3.8, 4) is 0 Å². The highest BCUT2D eigenvalue weighted by atomic mass is 127. The van der Waals surface area contributed by atoms with Gasteiger partial charge in [0.15, 0.2) is 0 Å². The number of rotatable bonds is 4. The zero-order chi connectivity index (χ0) is 13.8. The molecule has 2 aromatic rings. The van der Waals surface area contributed by atoms with Crippen molar-refractivity contribution in [2.24, 2.45) is 0 Å². The van der Waals surface area contributed by atoms with Gasteiger partial charge >= 0.3 is 5.97 Å². The van der Waals surface area contributed by atoms with E-state index in [0.717, 1.165) is 19.4 Å². The summed E-state index contributed by atoms with van der Waals surface area (Å²) in [5.41, 5.74) is 1.96. The molecule has 0 saturated heterocycles. The lowest BCUT2D eigenvalue weighted by molar-refractivity contribution is 0.0696. The molecule has 1 aromatic carbocycles. The molecule has 2 N–H and O–H groups in total. The number of carbonyl (C=O) groups is 1. The van der Waals surface area contributed by atoms with Crippen molar-refractivity contribution in [2.45, 2.75) is 6.54 Å². The number of anilines is 1. The molecule has 0 aliphatic rings.